The Morgan fingerprint density at radius 3 is 2.35 bits per heavy atom. The number of nitrogens with zero attached hydrogens (tertiary/aromatic N) is 1. The molecule has 0 N–H and O–H groups in total. The van der Waals surface area contributed by atoms with Crippen LogP contribution >= 0.6 is 22.9 Å². The second-order valence-electron chi connectivity index (χ2n) is 4.83. The standard InChI is InChI=1S/C11H16ClNO2S2/c1-8-5-9(2)7-13(6-8)17(14,15)11-4-3-10(12)16-11/h3-4,8-9H,5-7H2,1-2H3/t8-,9-/m1/s1. The zero-order valence-corrected chi connectivity index (χ0v) is 12.3. The van der Waals surface area contributed by atoms with Crippen LogP contribution in [0.25, 0.3) is 0 Å². The molecule has 2 atom stereocenters. The molecule has 1 fully saturated rings. The minimum atomic E-state index is -3.34. The highest BCUT2D eigenvalue weighted by Crippen LogP contribution is 2.31. The molecule has 0 radical (unpaired) electrons. The van der Waals surface area contributed by atoms with E-state index in [4.69, 9.17) is 11.6 Å². The van der Waals surface area contributed by atoms with E-state index in [1.807, 2.05) is 0 Å². The Bertz CT molecular complexity index is 487. The molecule has 1 aromatic rings. The lowest BCUT2D eigenvalue weighted by molar-refractivity contribution is 0.223. The van der Waals surface area contributed by atoms with Crippen LogP contribution in [0.15, 0.2) is 16.3 Å². The minimum absolute atomic E-state index is 0.351. The molecule has 96 valence electrons. The zero-order valence-electron chi connectivity index (χ0n) is 9.89. The van der Waals surface area contributed by atoms with Gasteiger partial charge in [0.1, 0.15) is 4.21 Å². The minimum Gasteiger partial charge on any atom is -0.206 e. The van der Waals surface area contributed by atoms with Crippen LogP contribution in [0.5, 0.6) is 0 Å². The summed E-state index contributed by atoms with van der Waals surface area (Å²) in [5.41, 5.74) is 0. The molecule has 1 aromatic heterocycles. The van der Waals surface area contributed by atoms with Crippen molar-refractivity contribution in [1.82, 2.24) is 4.31 Å². The lowest BCUT2D eigenvalue weighted by atomic mass is 9.94. The van der Waals surface area contributed by atoms with Gasteiger partial charge in [-0.2, -0.15) is 4.31 Å². The molecule has 0 unspecified atom stereocenters. The van der Waals surface area contributed by atoms with Gasteiger partial charge >= 0.3 is 0 Å². The van der Waals surface area contributed by atoms with E-state index < -0.39 is 10.0 Å². The zero-order chi connectivity index (χ0) is 12.6. The van der Waals surface area contributed by atoms with Gasteiger partial charge < -0.3 is 0 Å². The topological polar surface area (TPSA) is 37.4 Å². The van der Waals surface area contributed by atoms with Crippen LogP contribution < -0.4 is 0 Å². The van der Waals surface area contributed by atoms with E-state index in [1.165, 1.54) is 0 Å². The van der Waals surface area contributed by atoms with Gasteiger partial charge in [-0.1, -0.05) is 25.4 Å². The second kappa shape index (κ2) is 4.88. The van der Waals surface area contributed by atoms with Crippen LogP contribution in [0.2, 0.25) is 4.34 Å². The maximum atomic E-state index is 12.4. The van der Waals surface area contributed by atoms with E-state index in [-0.39, 0.29) is 0 Å². The Labute approximate surface area is 111 Å². The first-order chi connectivity index (χ1) is 7.89. The van der Waals surface area contributed by atoms with E-state index in [1.54, 1.807) is 16.4 Å². The summed E-state index contributed by atoms with van der Waals surface area (Å²) >= 11 is 6.92. The summed E-state index contributed by atoms with van der Waals surface area (Å²) in [6.45, 7) is 5.42. The summed E-state index contributed by atoms with van der Waals surface area (Å²) < 4.78 is 27.2. The number of piperidine rings is 1. The van der Waals surface area contributed by atoms with Crippen molar-refractivity contribution in [3.63, 3.8) is 0 Å². The van der Waals surface area contributed by atoms with E-state index in [9.17, 15) is 8.42 Å². The normalized spacial score (nSPS) is 27.2. The molecule has 17 heavy (non-hydrogen) atoms. The molecule has 1 aliphatic heterocycles. The van der Waals surface area contributed by atoms with E-state index in [0.29, 0.717) is 33.5 Å². The van der Waals surface area contributed by atoms with Gasteiger partial charge in [-0.15, -0.1) is 11.3 Å². The molecule has 0 amide bonds. The van der Waals surface area contributed by atoms with Crippen LogP contribution in [0.1, 0.15) is 20.3 Å². The van der Waals surface area contributed by atoms with Gasteiger partial charge in [0.2, 0.25) is 0 Å². The molecule has 2 heterocycles. The van der Waals surface area contributed by atoms with E-state index >= 15 is 0 Å². The molecule has 1 saturated heterocycles. The first kappa shape index (κ1) is 13.3. The van der Waals surface area contributed by atoms with Gasteiger partial charge in [0.15, 0.2) is 0 Å². The predicted octanol–water partition coefficient (Wildman–Crippen LogP) is 3.07. The quantitative estimate of drug-likeness (QED) is 0.840. The summed E-state index contributed by atoms with van der Waals surface area (Å²) in [7, 11) is -3.34. The molecule has 2 rings (SSSR count). The summed E-state index contributed by atoms with van der Waals surface area (Å²) in [4.78, 5) is 0. The van der Waals surface area contributed by atoms with Gasteiger partial charge in [-0.05, 0) is 30.4 Å². The predicted molar refractivity (Wildman–Crippen MR) is 71.0 cm³/mol. The maximum absolute atomic E-state index is 12.4. The first-order valence-electron chi connectivity index (χ1n) is 5.65. The van der Waals surface area contributed by atoms with Crippen molar-refractivity contribution in [3.8, 4) is 0 Å². The SMILES string of the molecule is C[C@@H]1C[C@@H](C)CN(S(=O)(=O)c2ccc(Cl)s2)C1. The average Bonchev–Trinajstić information content (AvgIpc) is 2.64. The molecule has 0 spiro atoms. The Balaban J connectivity index is 2.26. The van der Waals surface area contributed by atoms with Gasteiger partial charge in [0.05, 0.1) is 4.34 Å². The third-order valence-corrected chi connectivity index (χ3v) is 6.51. The molecular formula is C11H16ClNO2S2. The number of rotatable bonds is 2. The molecule has 6 heteroatoms. The number of hydrogen-bond acceptors (Lipinski definition) is 3. The van der Waals surface area contributed by atoms with Crippen LogP contribution in [-0.4, -0.2) is 25.8 Å². The fraction of sp³-hybridized carbons (Fsp3) is 0.636. The number of sulfonamides is 1. The Morgan fingerprint density at radius 1 is 1.29 bits per heavy atom. The summed E-state index contributed by atoms with van der Waals surface area (Å²) in [6, 6.07) is 3.22. The van der Waals surface area contributed by atoms with Crippen molar-refractivity contribution in [2.75, 3.05) is 13.1 Å². The molecule has 0 aliphatic carbocycles. The van der Waals surface area contributed by atoms with Crippen LogP contribution in [0.3, 0.4) is 0 Å². The third kappa shape index (κ3) is 2.84. The molecule has 3 nitrogen and oxygen atoms in total. The highest BCUT2D eigenvalue weighted by Gasteiger charge is 2.32. The second-order valence-corrected chi connectivity index (χ2v) is 8.71. The molecule has 0 aromatic carbocycles. The van der Waals surface area contributed by atoms with Crippen molar-refractivity contribution in [2.24, 2.45) is 11.8 Å². The first-order valence-corrected chi connectivity index (χ1v) is 8.28. The highest BCUT2D eigenvalue weighted by atomic mass is 35.5. The lowest BCUT2D eigenvalue weighted by Gasteiger charge is -2.33. The Hall–Kier alpha value is -0.100. The third-order valence-electron chi connectivity index (χ3n) is 2.98. The number of thiophene rings is 1. The van der Waals surface area contributed by atoms with Crippen LogP contribution in [0, 0.1) is 11.8 Å². The fourth-order valence-corrected chi connectivity index (χ4v) is 5.68. The van der Waals surface area contributed by atoms with Gasteiger partial charge in [0.25, 0.3) is 10.0 Å². The van der Waals surface area contributed by atoms with E-state index in [0.717, 1.165) is 17.8 Å². The Kier molecular flexibility index (Phi) is 3.83. The fourth-order valence-electron chi connectivity index (χ4n) is 2.37. The molecule has 0 bridgehead atoms. The summed E-state index contributed by atoms with van der Waals surface area (Å²) in [5, 5.41) is 0. The Morgan fingerprint density at radius 2 is 1.88 bits per heavy atom. The van der Waals surface area contributed by atoms with Crippen molar-refractivity contribution in [1.29, 1.82) is 0 Å². The smallest absolute Gasteiger partial charge is 0.206 e. The van der Waals surface area contributed by atoms with Gasteiger partial charge in [-0.3, -0.25) is 0 Å². The summed E-state index contributed by atoms with van der Waals surface area (Å²) in [6.07, 6.45) is 1.09. The number of halogens is 1. The molecule has 1 aliphatic rings. The average molecular weight is 294 g/mol. The van der Waals surface area contributed by atoms with Gasteiger partial charge in [0, 0.05) is 13.1 Å². The van der Waals surface area contributed by atoms with Gasteiger partial charge in [-0.25, -0.2) is 8.42 Å². The molecular weight excluding hydrogens is 278 g/mol. The molecule has 0 saturated carbocycles. The monoisotopic (exact) mass is 293 g/mol. The lowest BCUT2D eigenvalue weighted by Crippen LogP contribution is -2.42. The van der Waals surface area contributed by atoms with Crippen molar-refractivity contribution in [2.45, 2.75) is 24.5 Å². The number of hydrogen-bond donors (Lipinski definition) is 0. The van der Waals surface area contributed by atoms with Crippen molar-refractivity contribution < 1.29 is 8.42 Å². The van der Waals surface area contributed by atoms with E-state index in [2.05, 4.69) is 13.8 Å². The van der Waals surface area contributed by atoms with Crippen molar-refractivity contribution in [3.05, 3.63) is 16.5 Å². The van der Waals surface area contributed by atoms with Crippen LogP contribution in [0.4, 0.5) is 0 Å². The summed E-state index contributed by atoms with van der Waals surface area (Å²) in [5.74, 6) is 0.841. The maximum Gasteiger partial charge on any atom is 0.252 e. The van der Waals surface area contributed by atoms with Crippen molar-refractivity contribution >= 4 is 33.0 Å². The van der Waals surface area contributed by atoms with Crippen LogP contribution in [-0.2, 0) is 10.0 Å². The largest absolute Gasteiger partial charge is 0.252 e. The highest BCUT2D eigenvalue weighted by molar-refractivity contribution is 7.91.